The Bertz CT molecular complexity index is 1320. The van der Waals surface area contributed by atoms with Gasteiger partial charge in [0.1, 0.15) is 17.3 Å². The minimum absolute atomic E-state index is 0.0746. The van der Waals surface area contributed by atoms with Crippen LogP contribution in [0, 0.1) is 15.9 Å². The molecule has 0 fully saturated rings. The van der Waals surface area contributed by atoms with E-state index in [0.717, 1.165) is 5.69 Å². The summed E-state index contributed by atoms with van der Waals surface area (Å²) in [7, 11) is 0. The van der Waals surface area contributed by atoms with E-state index in [2.05, 4.69) is 15.6 Å². The Labute approximate surface area is 193 Å². The van der Waals surface area contributed by atoms with Gasteiger partial charge in [0.15, 0.2) is 6.61 Å². The first-order chi connectivity index (χ1) is 16.5. The third kappa shape index (κ3) is 5.49. The van der Waals surface area contributed by atoms with Crippen molar-refractivity contribution in [2.45, 2.75) is 0 Å². The smallest absolute Gasteiger partial charge is 0.277 e. The molecule has 1 aromatic heterocycles. The van der Waals surface area contributed by atoms with Gasteiger partial charge in [0.05, 0.1) is 16.8 Å². The number of nitrogens with zero attached hydrogens (tertiary/aromatic N) is 4. The van der Waals surface area contributed by atoms with Crippen LogP contribution in [0.1, 0.15) is 5.56 Å². The normalized spacial score (nSPS) is 10.9. The fourth-order valence-electron chi connectivity index (χ4n) is 3.05. The highest BCUT2D eigenvalue weighted by atomic mass is 19.1. The average molecular weight is 459 g/mol. The third-order valence-corrected chi connectivity index (χ3v) is 4.69. The molecule has 1 N–H and O–H groups in total. The SMILES string of the molecule is O=C(COc1ccc([N+](=O)[O-])cc1)N/N=C/c1cn(-c2ccccc2)nc1-c1ccc(F)cc1. The maximum absolute atomic E-state index is 13.4. The third-order valence-electron chi connectivity index (χ3n) is 4.69. The van der Waals surface area contributed by atoms with Gasteiger partial charge in [-0.3, -0.25) is 14.9 Å². The molecule has 0 saturated heterocycles. The van der Waals surface area contributed by atoms with Crippen LogP contribution in [0.5, 0.6) is 5.75 Å². The van der Waals surface area contributed by atoms with E-state index in [-0.39, 0.29) is 18.1 Å². The van der Waals surface area contributed by atoms with Crippen molar-refractivity contribution in [3.8, 4) is 22.7 Å². The first-order valence-corrected chi connectivity index (χ1v) is 10.1. The first kappa shape index (κ1) is 22.3. The number of carbonyl (C=O) groups excluding carboxylic acids is 1. The van der Waals surface area contributed by atoms with Gasteiger partial charge < -0.3 is 4.74 Å². The fourth-order valence-corrected chi connectivity index (χ4v) is 3.05. The van der Waals surface area contributed by atoms with E-state index >= 15 is 0 Å². The Morgan fingerprint density at radius 3 is 2.47 bits per heavy atom. The van der Waals surface area contributed by atoms with Crippen molar-refractivity contribution in [1.82, 2.24) is 15.2 Å². The molecule has 170 valence electrons. The summed E-state index contributed by atoms with van der Waals surface area (Å²) in [6, 6.07) is 20.7. The van der Waals surface area contributed by atoms with Crippen molar-refractivity contribution in [3.63, 3.8) is 0 Å². The molecule has 0 atom stereocenters. The zero-order valence-electron chi connectivity index (χ0n) is 17.7. The highest BCUT2D eigenvalue weighted by molar-refractivity contribution is 5.89. The monoisotopic (exact) mass is 459 g/mol. The quantitative estimate of drug-likeness (QED) is 0.242. The minimum atomic E-state index is -0.522. The number of hydrogen-bond acceptors (Lipinski definition) is 6. The highest BCUT2D eigenvalue weighted by Gasteiger charge is 2.12. The Morgan fingerprint density at radius 2 is 1.79 bits per heavy atom. The molecule has 4 rings (SSSR count). The number of hydrazone groups is 1. The van der Waals surface area contributed by atoms with Crippen LogP contribution in [0.2, 0.25) is 0 Å². The summed E-state index contributed by atoms with van der Waals surface area (Å²) in [6.45, 7) is -0.330. The summed E-state index contributed by atoms with van der Waals surface area (Å²) in [5, 5.41) is 19.3. The standard InChI is InChI=1S/C24H18FN5O4/c25-19-8-6-17(7-9-19)24-18(15-29(28-24)20-4-2-1-3-5-20)14-26-27-23(31)16-34-22-12-10-21(11-13-22)30(32)33/h1-15H,16H2,(H,27,31)/b26-14+. The van der Waals surface area contributed by atoms with E-state index in [4.69, 9.17) is 4.74 Å². The number of nitro groups is 1. The molecule has 3 aromatic carbocycles. The van der Waals surface area contributed by atoms with E-state index in [0.29, 0.717) is 22.6 Å². The second-order valence-electron chi connectivity index (χ2n) is 7.05. The maximum Gasteiger partial charge on any atom is 0.277 e. The number of ether oxygens (including phenoxy) is 1. The van der Waals surface area contributed by atoms with Gasteiger partial charge in [0.25, 0.3) is 11.6 Å². The number of aromatic nitrogens is 2. The van der Waals surface area contributed by atoms with Crippen LogP contribution in [-0.4, -0.2) is 33.4 Å². The Hall–Kier alpha value is -4.86. The summed E-state index contributed by atoms with van der Waals surface area (Å²) < 4.78 is 20.4. The van der Waals surface area contributed by atoms with E-state index in [1.165, 1.54) is 42.6 Å². The Balaban J connectivity index is 1.45. The molecular weight excluding hydrogens is 441 g/mol. The van der Waals surface area contributed by atoms with Gasteiger partial charge in [-0.25, -0.2) is 14.5 Å². The topological polar surface area (TPSA) is 112 Å². The lowest BCUT2D eigenvalue weighted by atomic mass is 10.1. The molecule has 0 aliphatic rings. The zero-order valence-corrected chi connectivity index (χ0v) is 17.7. The summed E-state index contributed by atoms with van der Waals surface area (Å²) in [5.41, 5.74) is 4.97. The molecule has 0 unspecified atom stereocenters. The van der Waals surface area contributed by atoms with Gasteiger partial charge in [0, 0.05) is 29.5 Å². The lowest BCUT2D eigenvalue weighted by Gasteiger charge is -2.04. The highest BCUT2D eigenvalue weighted by Crippen LogP contribution is 2.23. The van der Waals surface area contributed by atoms with E-state index in [1.54, 1.807) is 23.0 Å². The van der Waals surface area contributed by atoms with Gasteiger partial charge in [-0.1, -0.05) is 18.2 Å². The van der Waals surface area contributed by atoms with Crippen LogP contribution >= 0.6 is 0 Å². The molecule has 0 aliphatic heterocycles. The number of rotatable bonds is 8. The first-order valence-electron chi connectivity index (χ1n) is 10.1. The number of benzene rings is 3. The number of amides is 1. The van der Waals surface area contributed by atoms with Gasteiger partial charge in [0.2, 0.25) is 0 Å². The molecule has 0 aliphatic carbocycles. The molecule has 9 nitrogen and oxygen atoms in total. The van der Waals surface area contributed by atoms with Crippen LogP contribution in [0.15, 0.2) is 90.2 Å². The molecule has 0 bridgehead atoms. The second kappa shape index (κ2) is 10.2. The van der Waals surface area contributed by atoms with Crippen molar-refractivity contribution < 1.29 is 18.8 Å². The van der Waals surface area contributed by atoms with Crippen molar-refractivity contribution in [2.75, 3.05) is 6.61 Å². The van der Waals surface area contributed by atoms with Crippen LogP contribution in [0.25, 0.3) is 16.9 Å². The summed E-state index contributed by atoms with van der Waals surface area (Å²) >= 11 is 0. The summed E-state index contributed by atoms with van der Waals surface area (Å²) in [6.07, 6.45) is 3.19. The molecule has 10 heteroatoms. The number of hydrogen-bond donors (Lipinski definition) is 1. The molecule has 1 heterocycles. The van der Waals surface area contributed by atoms with Crippen LogP contribution in [0.4, 0.5) is 10.1 Å². The Morgan fingerprint density at radius 1 is 1.09 bits per heavy atom. The number of para-hydroxylation sites is 1. The zero-order chi connectivity index (χ0) is 23.9. The van der Waals surface area contributed by atoms with Crippen LogP contribution in [-0.2, 0) is 4.79 Å². The molecule has 4 aromatic rings. The summed E-state index contributed by atoms with van der Waals surface area (Å²) in [4.78, 5) is 22.2. The van der Waals surface area contributed by atoms with Crippen molar-refractivity contribution >= 4 is 17.8 Å². The van der Waals surface area contributed by atoms with Crippen LogP contribution < -0.4 is 10.2 Å². The van der Waals surface area contributed by atoms with Gasteiger partial charge in [-0.2, -0.15) is 10.2 Å². The van der Waals surface area contributed by atoms with Gasteiger partial charge >= 0.3 is 0 Å². The molecule has 0 spiro atoms. The lowest BCUT2D eigenvalue weighted by Crippen LogP contribution is -2.24. The molecule has 0 radical (unpaired) electrons. The lowest BCUT2D eigenvalue weighted by molar-refractivity contribution is -0.384. The summed E-state index contributed by atoms with van der Waals surface area (Å²) in [5.74, 6) is -0.567. The second-order valence-corrected chi connectivity index (χ2v) is 7.05. The molecular formula is C24H18FN5O4. The predicted molar refractivity (Wildman–Crippen MR) is 123 cm³/mol. The van der Waals surface area contributed by atoms with E-state index in [1.807, 2.05) is 30.3 Å². The minimum Gasteiger partial charge on any atom is -0.484 e. The number of nitro benzene ring substituents is 1. The predicted octanol–water partition coefficient (Wildman–Crippen LogP) is 4.12. The number of halogens is 1. The van der Waals surface area contributed by atoms with Gasteiger partial charge in [-0.05, 0) is 48.5 Å². The number of non-ortho nitro benzene ring substituents is 1. The number of carbonyl (C=O) groups is 1. The van der Waals surface area contributed by atoms with Crippen molar-refractivity contribution in [3.05, 3.63) is 107 Å². The van der Waals surface area contributed by atoms with Gasteiger partial charge in [-0.15, -0.1) is 0 Å². The Kier molecular flexibility index (Phi) is 6.68. The number of nitrogens with one attached hydrogen (secondary N) is 1. The van der Waals surface area contributed by atoms with Crippen molar-refractivity contribution in [1.29, 1.82) is 0 Å². The fraction of sp³-hybridized carbons (Fsp3) is 0.0417. The molecule has 34 heavy (non-hydrogen) atoms. The van der Waals surface area contributed by atoms with E-state index < -0.39 is 10.8 Å². The average Bonchev–Trinajstić information content (AvgIpc) is 3.28. The van der Waals surface area contributed by atoms with Crippen molar-refractivity contribution in [2.24, 2.45) is 5.10 Å². The molecule has 1 amide bonds. The molecule has 0 saturated carbocycles. The largest absolute Gasteiger partial charge is 0.484 e. The van der Waals surface area contributed by atoms with E-state index in [9.17, 15) is 19.3 Å². The van der Waals surface area contributed by atoms with Crippen LogP contribution in [0.3, 0.4) is 0 Å². The maximum atomic E-state index is 13.4.